The molecule has 2 aliphatic carbocycles. The average Bonchev–Trinajstić information content (AvgIpc) is 2.74. The minimum Gasteiger partial charge on any atom is -0.207 e. The smallest absolute Gasteiger partial charge is 0.123 e. The SMILES string of the molecule is CCCCCC1CCC(c2ccc(C3=Cc4ccc(F)cc4CC3)cc2)CC1. The molecule has 4 rings (SSSR count). The Bertz CT molecular complexity index is 807. The van der Waals surface area contributed by atoms with E-state index in [1.165, 1.54) is 73.6 Å². The number of halogens is 1. The fraction of sp³-hybridized carbons (Fsp3) is 0.481. The number of aryl methyl sites for hydroxylation is 1. The van der Waals surface area contributed by atoms with E-state index in [0.29, 0.717) is 0 Å². The second kappa shape index (κ2) is 9.07. The van der Waals surface area contributed by atoms with Crippen LogP contribution in [0.15, 0.2) is 42.5 Å². The predicted octanol–water partition coefficient (Wildman–Crippen LogP) is 8.17. The van der Waals surface area contributed by atoms with E-state index in [-0.39, 0.29) is 5.82 Å². The van der Waals surface area contributed by atoms with E-state index >= 15 is 0 Å². The highest BCUT2D eigenvalue weighted by Crippen LogP contribution is 2.38. The number of unbranched alkanes of at least 4 members (excludes halogenated alkanes) is 2. The van der Waals surface area contributed by atoms with Crippen LogP contribution in [0.4, 0.5) is 4.39 Å². The Hall–Kier alpha value is -1.89. The maximum Gasteiger partial charge on any atom is 0.123 e. The van der Waals surface area contributed by atoms with Crippen molar-refractivity contribution in [3.63, 3.8) is 0 Å². The normalized spacial score (nSPS) is 21.9. The molecule has 0 radical (unpaired) electrons. The van der Waals surface area contributed by atoms with E-state index in [9.17, 15) is 4.39 Å². The van der Waals surface area contributed by atoms with Crippen LogP contribution in [0.25, 0.3) is 11.6 Å². The summed E-state index contributed by atoms with van der Waals surface area (Å²) in [5.41, 5.74) is 6.54. The molecule has 148 valence electrons. The molecule has 1 fully saturated rings. The summed E-state index contributed by atoms with van der Waals surface area (Å²) in [5, 5.41) is 0. The lowest BCUT2D eigenvalue weighted by Crippen LogP contribution is -2.13. The Morgan fingerprint density at radius 3 is 2.43 bits per heavy atom. The van der Waals surface area contributed by atoms with Crippen LogP contribution in [-0.4, -0.2) is 0 Å². The number of hydrogen-bond acceptors (Lipinski definition) is 0. The van der Waals surface area contributed by atoms with Crippen LogP contribution in [0, 0.1) is 11.7 Å². The van der Waals surface area contributed by atoms with Crippen molar-refractivity contribution in [2.75, 3.05) is 0 Å². The molecular weight excluding hydrogens is 343 g/mol. The van der Waals surface area contributed by atoms with Gasteiger partial charge in [-0.25, -0.2) is 4.39 Å². The van der Waals surface area contributed by atoms with Gasteiger partial charge in [0.05, 0.1) is 0 Å². The van der Waals surface area contributed by atoms with Crippen LogP contribution in [0.3, 0.4) is 0 Å². The number of rotatable bonds is 6. The van der Waals surface area contributed by atoms with Crippen molar-refractivity contribution in [1.29, 1.82) is 0 Å². The third kappa shape index (κ3) is 4.57. The van der Waals surface area contributed by atoms with Gasteiger partial charge >= 0.3 is 0 Å². The summed E-state index contributed by atoms with van der Waals surface area (Å²) in [6.45, 7) is 2.29. The Labute approximate surface area is 169 Å². The van der Waals surface area contributed by atoms with Gasteiger partial charge in [0.2, 0.25) is 0 Å². The fourth-order valence-electron chi connectivity index (χ4n) is 5.13. The highest BCUT2D eigenvalue weighted by atomic mass is 19.1. The first-order valence-corrected chi connectivity index (χ1v) is 11.3. The molecule has 1 heteroatoms. The van der Waals surface area contributed by atoms with Crippen molar-refractivity contribution >= 4 is 11.6 Å². The average molecular weight is 377 g/mol. The van der Waals surface area contributed by atoms with Crippen LogP contribution in [0.2, 0.25) is 0 Å². The molecule has 0 N–H and O–H groups in total. The summed E-state index contributed by atoms with van der Waals surface area (Å²) in [4.78, 5) is 0. The van der Waals surface area contributed by atoms with Gasteiger partial charge in [0.1, 0.15) is 5.82 Å². The third-order valence-corrected chi connectivity index (χ3v) is 6.91. The summed E-state index contributed by atoms with van der Waals surface area (Å²) in [5.74, 6) is 1.60. The zero-order chi connectivity index (χ0) is 19.3. The van der Waals surface area contributed by atoms with E-state index in [4.69, 9.17) is 0 Å². The maximum atomic E-state index is 13.4. The lowest BCUT2D eigenvalue weighted by atomic mass is 9.77. The van der Waals surface area contributed by atoms with Crippen molar-refractivity contribution < 1.29 is 4.39 Å². The highest BCUT2D eigenvalue weighted by Gasteiger charge is 2.22. The van der Waals surface area contributed by atoms with E-state index in [1.54, 1.807) is 12.1 Å². The number of hydrogen-bond donors (Lipinski definition) is 0. The van der Waals surface area contributed by atoms with Crippen LogP contribution >= 0.6 is 0 Å². The van der Waals surface area contributed by atoms with E-state index in [2.05, 4.69) is 37.3 Å². The van der Waals surface area contributed by atoms with E-state index in [1.807, 2.05) is 6.07 Å². The van der Waals surface area contributed by atoms with Crippen LogP contribution in [0.5, 0.6) is 0 Å². The number of allylic oxidation sites excluding steroid dienone is 1. The summed E-state index contributed by atoms with van der Waals surface area (Å²) in [6.07, 6.45) is 15.3. The molecule has 28 heavy (non-hydrogen) atoms. The number of benzene rings is 2. The molecule has 0 aliphatic heterocycles. The minimum absolute atomic E-state index is 0.125. The quantitative estimate of drug-likeness (QED) is 0.446. The first-order valence-electron chi connectivity index (χ1n) is 11.3. The molecule has 0 spiro atoms. The van der Waals surface area contributed by atoms with Gasteiger partial charge < -0.3 is 0 Å². The van der Waals surface area contributed by atoms with Gasteiger partial charge in [0, 0.05) is 0 Å². The van der Waals surface area contributed by atoms with Gasteiger partial charge in [-0.3, -0.25) is 0 Å². The van der Waals surface area contributed by atoms with Gasteiger partial charge in [-0.1, -0.05) is 69.0 Å². The largest absolute Gasteiger partial charge is 0.207 e. The Balaban J connectivity index is 1.38. The van der Waals surface area contributed by atoms with Crippen molar-refractivity contribution in [2.45, 2.75) is 77.0 Å². The topological polar surface area (TPSA) is 0 Å². The predicted molar refractivity (Wildman–Crippen MR) is 118 cm³/mol. The molecule has 2 aromatic rings. The van der Waals surface area contributed by atoms with Crippen LogP contribution in [-0.2, 0) is 6.42 Å². The van der Waals surface area contributed by atoms with Gasteiger partial charge in [-0.05, 0) is 90.3 Å². The molecular formula is C27H33F. The Morgan fingerprint density at radius 1 is 0.893 bits per heavy atom. The summed E-state index contributed by atoms with van der Waals surface area (Å²) in [7, 11) is 0. The molecule has 2 aromatic carbocycles. The zero-order valence-corrected chi connectivity index (χ0v) is 17.2. The standard InChI is InChI=1S/C27H33F/c1-2-3-4-5-20-6-8-21(9-7-20)22-10-12-23(13-11-22)24-14-15-26-19-27(28)17-16-25(26)18-24/h10-13,16-21H,2-9,14-15H2,1H3. The molecule has 1 saturated carbocycles. The molecule has 0 nitrogen and oxygen atoms in total. The second-order valence-corrected chi connectivity index (χ2v) is 8.85. The number of fused-ring (bicyclic) bond motifs is 1. The molecule has 0 amide bonds. The monoisotopic (exact) mass is 376 g/mol. The second-order valence-electron chi connectivity index (χ2n) is 8.85. The lowest BCUT2D eigenvalue weighted by molar-refractivity contribution is 0.303. The molecule has 2 aliphatic rings. The zero-order valence-electron chi connectivity index (χ0n) is 17.2. The maximum absolute atomic E-state index is 13.4. The minimum atomic E-state index is -0.125. The summed E-state index contributed by atoms with van der Waals surface area (Å²) >= 11 is 0. The van der Waals surface area contributed by atoms with Crippen molar-refractivity contribution in [2.24, 2.45) is 5.92 Å². The molecule has 0 aromatic heterocycles. The first-order chi connectivity index (χ1) is 13.7. The third-order valence-electron chi connectivity index (χ3n) is 6.91. The summed E-state index contributed by atoms with van der Waals surface area (Å²) in [6, 6.07) is 14.5. The molecule has 0 unspecified atom stereocenters. The van der Waals surface area contributed by atoms with Gasteiger partial charge in [-0.15, -0.1) is 0 Å². The van der Waals surface area contributed by atoms with E-state index in [0.717, 1.165) is 30.2 Å². The lowest BCUT2D eigenvalue weighted by Gasteiger charge is -2.29. The van der Waals surface area contributed by atoms with Crippen molar-refractivity contribution in [3.8, 4) is 0 Å². The van der Waals surface area contributed by atoms with Crippen LogP contribution in [0.1, 0.15) is 92.9 Å². The van der Waals surface area contributed by atoms with Crippen molar-refractivity contribution in [1.82, 2.24) is 0 Å². The molecule has 0 atom stereocenters. The van der Waals surface area contributed by atoms with Crippen molar-refractivity contribution in [3.05, 3.63) is 70.5 Å². The molecule has 0 heterocycles. The Morgan fingerprint density at radius 2 is 1.68 bits per heavy atom. The van der Waals surface area contributed by atoms with E-state index < -0.39 is 0 Å². The van der Waals surface area contributed by atoms with Gasteiger partial charge in [-0.2, -0.15) is 0 Å². The molecule has 0 bridgehead atoms. The molecule has 0 saturated heterocycles. The Kier molecular flexibility index (Phi) is 6.29. The fourth-order valence-corrected chi connectivity index (χ4v) is 5.13. The van der Waals surface area contributed by atoms with Gasteiger partial charge in [0.25, 0.3) is 0 Å². The highest BCUT2D eigenvalue weighted by molar-refractivity contribution is 5.84. The first kappa shape index (κ1) is 19.4. The summed E-state index contributed by atoms with van der Waals surface area (Å²) < 4.78 is 13.4. The van der Waals surface area contributed by atoms with Crippen LogP contribution < -0.4 is 0 Å². The van der Waals surface area contributed by atoms with Gasteiger partial charge in [0.15, 0.2) is 0 Å².